The van der Waals surface area contributed by atoms with Crippen LogP contribution in [0.3, 0.4) is 0 Å². The Balaban J connectivity index is 2.01. The molecule has 0 atom stereocenters. The Morgan fingerprint density at radius 3 is 2.67 bits per heavy atom. The highest BCUT2D eigenvalue weighted by Crippen LogP contribution is 2.24. The average molecular weight is 378 g/mol. The van der Waals surface area contributed by atoms with Gasteiger partial charge in [0.15, 0.2) is 0 Å². The summed E-state index contributed by atoms with van der Waals surface area (Å²) in [6, 6.07) is 4.27. The summed E-state index contributed by atoms with van der Waals surface area (Å²) in [7, 11) is 0. The molecule has 0 aliphatic carbocycles. The molecule has 7 nitrogen and oxygen atoms in total. The molecule has 3 aromatic rings. The average Bonchev–Trinajstić information content (AvgIpc) is 3.26. The molecule has 0 fully saturated rings. The Bertz CT molecular complexity index is 1050. The number of nitrogens with zero attached hydrogens (tertiary/aromatic N) is 4. The molecule has 10 heteroatoms. The summed E-state index contributed by atoms with van der Waals surface area (Å²) in [6.07, 6.45) is 1.06. The number of hydrogen-bond donors (Lipinski definition) is 2. The smallest absolute Gasteiger partial charge is 0.327 e. The molecule has 0 amide bonds. The maximum absolute atomic E-state index is 14.7. The van der Waals surface area contributed by atoms with Gasteiger partial charge < -0.3 is 5.73 Å². The van der Waals surface area contributed by atoms with Crippen molar-refractivity contribution in [3.63, 3.8) is 0 Å². The molecule has 2 aromatic heterocycles. The molecule has 0 radical (unpaired) electrons. The number of aromatic amines is 1. The number of nitrogens with one attached hydrogen (secondary N) is 1. The van der Waals surface area contributed by atoms with Crippen LogP contribution in [0, 0.1) is 5.82 Å². The number of nitrogens with two attached hydrogens (primary N) is 1. The van der Waals surface area contributed by atoms with Gasteiger partial charge in [0.2, 0.25) is 0 Å². The van der Waals surface area contributed by atoms with E-state index in [0.29, 0.717) is 12.1 Å². The Kier molecular flexibility index (Phi) is 5.26. The van der Waals surface area contributed by atoms with Gasteiger partial charge in [-0.05, 0) is 24.6 Å². The van der Waals surface area contributed by atoms with E-state index in [1.54, 1.807) is 23.1 Å². The maximum atomic E-state index is 14.7. The van der Waals surface area contributed by atoms with E-state index in [1.165, 1.54) is 12.1 Å². The first-order chi connectivity index (χ1) is 12.9. The number of halogens is 3. The van der Waals surface area contributed by atoms with Crippen LogP contribution in [0.2, 0.25) is 0 Å². The maximum Gasteiger partial charge on any atom is 0.348 e. The quantitative estimate of drug-likeness (QED) is 0.688. The van der Waals surface area contributed by atoms with Gasteiger partial charge in [-0.25, -0.2) is 18.9 Å². The number of rotatable bonds is 6. The van der Waals surface area contributed by atoms with Crippen molar-refractivity contribution in [2.45, 2.75) is 19.9 Å². The highest BCUT2D eigenvalue weighted by atomic mass is 19.3. The highest BCUT2D eigenvalue weighted by molar-refractivity contribution is 5.63. The van der Waals surface area contributed by atoms with Gasteiger partial charge in [-0.1, -0.05) is 6.07 Å². The highest BCUT2D eigenvalue weighted by Gasteiger charge is 2.18. The summed E-state index contributed by atoms with van der Waals surface area (Å²) in [4.78, 5) is 12.1. The van der Waals surface area contributed by atoms with E-state index >= 15 is 0 Å². The fourth-order valence-electron chi connectivity index (χ4n) is 2.66. The van der Waals surface area contributed by atoms with E-state index in [-0.39, 0.29) is 23.5 Å². The zero-order valence-electron chi connectivity index (χ0n) is 14.4. The Hall–Kier alpha value is -3.14. The second kappa shape index (κ2) is 7.62. The van der Waals surface area contributed by atoms with E-state index < -0.39 is 24.1 Å². The van der Waals surface area contributed by atoms with E-state index in [9.17, 15) is 18.0 Å². The molecular formula is C17H17F3N6O. The van der Waals surface area contributed by atoms with Gasteiger partial charge in [-0.15, -0.1) is 0 Å². The lowest BCUT2D eigenvalue weighted by molar-refractivity contribution is 0.407. The molecule has 0 aliphatic rings. The van der Waals surface area contributed by atoms with Crippen molar-refractivity contribution in [2.75, 3.05) is 6.54 Å². The molecule has 3 rings (SSSR count). The van der Waals surface area contributed by atoms with Gasteiger partial charge in [0, 0.05) is 36.8 Å². The van der Waals surface area contributed by atoms with Gasteiger partial charge in [0.25, 0.3) is 6.08 Å². The van der Waals surface area contributed by atoms with Crippen molar-refractivity contribution in [2.24, 2.45) is 5.73 Å². The number of aryl methyl sites for hydroxylation is 1. The number of aromatic nitrogens is 5. The van der Waals surface area contributed by atoms with Crippen LogP contribution in [-0.4, -0.2) is 31.1 Å². The first kappa shape index (κ1) is 18.6. The zero-order chi connectivity index (χ0) is 19.6. The number of hydrogen-bond acceptors (Lipinski definition) is 4. The van der Waals surface area contributed by atoms with Gasteiger partial charge in [0.05, 0.1) is 11.9 Å². The SMILES string of the molecule is CCn1cc(-c2ccc(-n3c(CC(CN)=C(F)F)n[nH]c3=O)c(F)c2)cn1. The van der Waals surface area contributed by atoms with Gasteiger partial charge in [0.1, 0.15) is 11.6 Å². The lowest BCUT2D eigenvalue weighted by atomic mass is 10.1. The monoisotopic (exact) mass is 378 g/mol. The number of H-pyrrole nitrogens is 1. The molecular weight excluding hydrogens is 361 g/mol. The van der Waals surface area contributed by atoms with Crippen molar-refractivity contribution in [3.05, 3.63) is 64.4 Å². The van der Waals surface area contributed by atoms with Crippen molar-refractivity contribution in [3.8, 4) is 16.8 Å². The predicted octanol–water partition coefficient (Wildman–Crippen LogP) is 2.23. The van der Waals surface area contributed by atoms with Crippen LogP contribution in [0.15, 0.2) is 47.0 Å². The Morgan fingerprint density at radius 1 is 1.30 bits per heavy atom. The molecule has 0 bridgehead atoms. The van der Waals surface area contributed by atoms with Crippen LogP contribution in [0.25, 0.3) is 16.8 Å². The third-order valence-electron chi connectivity index (χ3n) is 4.11. The predicted molar refractivity (Wildman–Crippen MR) is 93.0 cm³/mol. The van der Waals surface area contributed by atoms with Crippen molar-refractivity contribution in [1.29, 1.82) is 0 Å². The fourth-order valence-corrected chi connectivity index (χ4v) is 2.66. The number of benzene rings is 1. The van der Waals surface area contributed by atoms with Gasteiger partial charge in [-0.3, -0.25) is 4.68 Å². The first-order valence-electron chi connectivity index (χ1n) is 8.16. The van der Waals surface area contributed by atoms with Crippen LogP contribution < -0.4 is 11.4 Å². The summed E-state index contributed by atoms with van der Waals surface area (Å²) in [6.45, 7) is 2.21. The lowest BCUT2D eigenvalue weighted by Crippen LogP contribution is -2.19. The van der Waals surface area contributed by atoms with Crippen LogP contribution in [0.1, 0.15) is 12.7 Å². The van der Waals surface area contributed by atoms with Crippen molar-refractivity contribution in [1.82, 2.24) is 24.5 Å². The van der Waals surface area contributed by atoms with Crippen LogP contribution in [-0.2, 0) is 13.0 Å². The second-order valence-corrected chi connectivity index (χ2v) is 5.78. The summed E-state index contributed by atoms with van der Waals surface area (Å²) in [5.74, 6) is -0.751. The normalized spacial score (nSPS) is 11.0. The Morgan fingerprint density at radius 2 is 2.07 bits per heavy atom. The van der Waals surface area contributed by atoms with Gasteiger partial charge in [-0.2, -0.15) is 19.0 Å². The van der Waals surface area contributed by atoms with E-state index in [0.717, 1.165) is 10.1 Å². The molecule has 0 saturated heterocycles. The Labute approximate surface area is 151 Å². The zero-order valence-corrected chi connectivity index (χ0v) is 14.4. The van der Waals surface area contributed by atoms with Crippen molar-refractivity contribution < 1.29 is 13.2 Å². The molecule has 142 valence electrons. The topological polar surface area (TPSA) is 94.5 Å². The molecule has 27 heavy (non-hydrogen) atoms. The largest absolute Gasteiger partial charge is 0.348 e. The van der Waals surface area contributed by atoms with Crippen molar-refractivity contribution >= 4 is 0 Å². The summed E-state index contributed by atoms with van der Waals surface area (Å²) in [5, 5.41) is 10.0. The molecule has 0 saturated carbocycles. The third-order valence-corrected chi connectivity index (χ3v) is 4.11. The van der Waals surface area contributed by atoms with Crippen LogP contribution >= 0.6 is 0 Å². The molecule has 0 unspecified atom stereocenters. The summed E-state index contributed by atoms with van der Waals surface area (Å²) < 4.78 is 43.1. The van der Waals surface area contributed by atoms with Crippen LogP contribution in [0.5, 0.6) is 0 Å². The minimum atomic E-state index is -1.94. The first-order valence-corrected chi connectivity index (χ1v) is 8.16. The molecule has 1 aromatic carbocycles. The third kappa shape index (κ3) is 3.70. The van der Waals surface area contributed by atoms with Crippen LogP contribution in [0.4, 0.5) is 13.2 Å². The molecule has 0 spiro atoms. The molecule has 3 N–H and O–H groups in total. The minimum Gasteiger partial charge on any atom is -0.327 e. The standard InChI is InChI=1S/C17H17F3N6O/c1-2-25-9-12(8-22-25)10-3-4-14(13(18)5-10)26-15(23-24-17(26)27)6-11(7-21)16(19)20/h3-5,8-9H,2,6-7,21H2,1H3,(H,24,27). The lowest BCUT2D eigenvalue weighted by Gasteiger charge is -2.09. The van der Waals surface area contributed by atoms with E-state index in [4.69, 9.17) is 5.73 Å². The minimum absolute atomic E-state index is 0.0568. The van der Waals surface area contributed by atoms with E-state index in [1.807, 2.05) is 6.92 Å². The molecule has 0 aliphatic heterocycles. The second-order valence-electron chi connectivity index (χ2n) is 5.78. The summed E-state index contributed by atoms with van der Waals surface area (Å²) in [5.41, 5.74) is 5.39. The molecule has 2 heterocycles. The summed E-state index contributed by atoms with van der Waals surface area (Å²) >= 11 is 0. The fraction of sp³-hybridized carbons (Fsp3) is 0.235. The van der Waals surface area contributed by atoms with Gasteiger partial charge >= 0.3 is 5.69 Å². The van der Waals surface area contributed by atoms with E-state index in [2.05, 4.69) is 15.3 Å².